The molecule has 2 aromatic rings. The highest BCUT2D eigenvalue weighted by Crippen LogP contribution is 2.14. The van der Waals surface area contributed by atoms with Crippen LogP contribution in [-0.2, 0) is 4.79 Å². The maximum absolute atomic E-state index is 12.2. The summed E-state index contributed by atoms with van der Waals surface area (Å²) in [5, 5.41) is 7.36. The molecule has 0 unspecified atom stereocenters. The number of hydrazone groups is 1. The van der Waals surface area contributed by atoms with E-state index in [1.165, 1.54) is 6.92 Å². The molecule has 2 aromatic carbocycles. The number of halogens is 1. The molecular weight excluding hydrogens is 314 g/mol. The zero-order chi connectivity index (χ0) is 16.8. The monoisotopic (exact) mass is 329 g/mol. The Morgan fingerprint density at radius 2 is 1.70 bits per heavy atom. The van der Waals surface area contributed by atoms with E-state index in [1.54, 1.807) is 49.4 Å². The predicted molar refractivity (Wildman–Crippen MR) is 91.9 cm³/mol. The Balaban J connectivity index is 2.13. The molecule has 0 aliphatic heterocycles. The molecule has 0 saturated carbocycles. The molecule has 0 heterocycles. The lowest BCUT2D eigenvalue weighted by atomic mass is 10.1. The van der Waals surface area contributed by atoms with Crippen LogP contribution in [0.3, 0.4) is 0 Å². The molecule has 0 saturated heterocycles. The van der Waals surface area contributed by atoms with Gasteiger partial charge in [-0.1, -0.05) is 23.7 Å². The van der Waals surface area contributed by atoms with E-state index in [0.29, 0.717) is 22.0 Å². The average molecular weight is 330 g/mol. The van der Waals surface area contributed by atoms with Crippen molar-refractivity contribution in [3.8, 4) is 0 Å². The van der Waals surface area contributed by atoms with E-state index in [0.717, 1.165) is 5.56 Å². The maximum atomic E-state index is 12.2. The third kappa shape index (κ3) is 4.93. The summed E-state index contributed by atoms with van der Waals surface area (Å²) in [5.74, 6) is -0.466. The molecule has 5 nitrogen and oxygen atoms in total. The van der Waals surface area contributed by atoms with E-state index < -0.39 is 0 Å². The Hall–Kier alpha value is -2.66. The van der Waals surface area contributed by atoms with Gasteiger partial charge >= 0.3 is 0 Å². The van der Waals surface area contributed by atoms with Crippen LogP contribution in [0.4, 0.5) is 5.69 Å². The van der Waals surface area contributed by atoms with Gasteiger partial charge in [0, 0.05) is 23.2 Å². The summed E-state index contributed by atoms with van der Waals surface area (Å²) in [4.78, 5) is 23.1. The molecule has 0 spiro atoms. The number of nitrogens with zero attached hydrogens (tertiary/aromatic N) is 1. The molecule has 6 heteroatoms. The Morgan fingerprint density at radius 1 is 1.00 bits per heavy atom. The van der Waals surface area contributed by atoms with Crippen molar-refractivity contribution in [2.75, 3.05) is 5.32 Å². The van der Waals surface area contributed by atoms with Crippen molar-refractivity contribution in [1.29, 1.82) is 0 Å². The van der Waals surface area contributed by atoms with Gasteiger partial charge in [0.2, 0.25) is 5.91 Å². The van der Waals surface area contributed by atoms with Crippen molar-refractivity contribution in [2.45, 2.75) is 13.8 Å². The minimum absolute atomic E-state index is 0.227. The third-order valence-corrected chi connectivity index (χ3v) is 3.28. The van der Waals surface area contributed by atoms with Gasteiger partial charge in [-0.05, 0) is 48.9 Å². The molecule has 0 fully saturated rings. The van der Waals surface area contributed by atoms with Crippen LogP contribution in [-0.4, -0.2) is 17.5 Å². The Kier molecular flexibility index (Phi) is 5.49. The summed E-state index contributed by atoms with van der Waals surface area (Å²) in [6.07, 6.45) is 0. The number of nitrogens with one attached hydrogen (secondary N) is 2. The highest BCUT2D eigenvalue weighted by Gasteiger charge is 2.07. The largest absolute Gasteiger partial charge is 0.322 e. The van der Waals surface area contributed by atoms with Gasteiger partial charge in [0.05, 0.1) is 5.71 Å². The van der Waals surface area contributed by atoms with Gasteiger partial charge < -0.3 is 5.32 Å². The maximum Gasteiger partial charge on any atom is 0.255 e. The molecule has 0 bridgehead atoms. The topological polar surface area (TPSA) is 70.6 Å². The second-order valence-corrected chi connectivity index (χ2v) is 5.34. The molecule has 2 amide bonds. The first kappa shape index (κ1) is 16.7. The van der Waals surface area contributed by atoms with Crippen LogP contribution in [0.25, 0.3) is 0 Å². The molecule has 0 atom stereocenters. The Morgan fingerprint density at radius 3 is 2.35 bits per heavy atom. The van der Waals surface area contributed by atoms with Crippen molar-refractivity contribution in [3.63, 3.8) is 0 Å². The van der Waals surface area contributed by atoms with E-state index in [1.807, 2.05) is 6.07 Å². The van der Waals surface area contributed by atoms with E-state index in [4.69, 9.17) is 11.6 Å². The smallest absolute Gasteiger partial charge is 0.255 e. The molecule has 2 rings (SSSR count). The van der Waals surface area contributed by atoms with Gasteiger partial charge in [-0.3, -0.25) is 9.59 Å². The van der Waals surface area contributed by atoms with E-state index in [2.05, 4.69) is 15.8 Å². The fourth-order valence-electron chi connectivity index (χ4n) is 1.85. The second kappa shape index (κ2) is 7.56. The van der Waals surface area contributed by atoms with Crippen LogP contribution in [0.2, 0.25) is 5.02 Å². The van der Waals surface area contributed by atoms with E-state index in [9.17, 15) is 9.59 Å². The van der Waals surface area contributed by atoms with Crippen LogP contribution in [0.15, 0.2) is 53.6 Å². The molecule has 0 aromatic heterocycles. The zero-order valence-electron chi connectivity index (χ0n) is 12.8. The number of amides is 2. The fraction of sp³-hybridized carbons (Fsp3) is 0.118. The normalized spacial score (nSPS) is 11.0. The summed E-state index contributed by atoms with van der Waals surface area (Å²) in [5.41, 5.74) is 4.98. The summed E-state index contributed by atoms with van der Waals surface area (Å²) in [7, 11) is 0. The molecule has 118 valence electrons. The molecule has 2 N–H and O–H groups in total. The van der Waals surface area contributed by atoms with Crippen LogP contribution >= 0.6 is 11.6 Å². The van der Waals surface area contributed by atoms with Gasteiger partial charge in [0.15, 0.2) is 0 Å². The first-order valence-electron chi connectivity index (χ1n) is 6.94. The van der Waals surface area contributed by atoms with Crippen molar-refractivity contribution < 1.29 is 9.59 Å². The molecule has 0 radical (unpaired) electrons. The minimum atomic E-state index is -0.239. The van der Waals surface area contributed by atoms with Gasteiger partial charge in [0.1, 0.15) is 0 Å². The molecular formula is C17H16ClN3O2. The molecule has 0 aliphatic carbocycles. The molecule has 23 heavy (non-hydrogen) atoms. The minimum Gasteiger partial charge on any atom is -0.322 e. The third-order valence-electron chi connectivity index (χ3n) is 3.03. The van der Waals surface area contributed by atoms with E-state index in [-0.39, 0.29) is 11.8 Å². The lowest BCUT2D eigenvalue weighted by molar-refractivity contribution is -0.118. The Bertz CT molecular complexity index is 755. The Labute approximate surface area is 139 Å². The standard InChI is InChI=1S/C17H16ClN3O2/c1-11(20-21-12(2)22)14-4-3-5-16(10-14)19-17(23)13-6-8-15(18)9-7-13/h3-10H,1-2H3,(H,19,23)(H,21,22)/b20-11-. The average Bonchev–Trinajstić information content (AvgIpc) is 2.53. The van der Waals surface area contributed by atoms with E-state index >= 15 is 0 Å². The SMILES string of the molecule is CC(=O)N/N=C(/C)c1cccc(NC(=O)c2ccc(Cl)cc2)c1. The lowest BCUT2D eigenvalue weighted by Gasteiger charge is -2.08. The van der Waals surface area contributed by atoms with Crippen LogP contribution in [0.1, 0.15) is 29.8 Å². The first-order chi connectivity index (χ1) is 11.0. The first-order valence-corrected chi connectivity index (χ1v) is 7.32. The van der Waals surface area contributed by atoms with Gasteiger partial charge in [-0.15, -0.1) is 0 Å². The molecule has 0 aliphatic rings. The number of rotatable bonds is 4. The summed E-state index contributed by atoms with van der Waals surface area (Å²) in [6.45, 7) is 3.16. The number of carbonyl (C=O) groups is 2. The quantitative estimate of drug-likeness (QED) is 0.666. The predicted octanol–water partition coefficient (Wildman–Crippen LogP) is 3.45. The van der Waals surface area contributed by atoms with Crippen LogP contribution < -0.4 is 10.7 Å². The number of benzene rings is 2. The summed E-state index contributed by atoms with van der Waals surface area (Å²) in [6, 6.07) is 13.9. The number of hydrogen-bond donors (Lipinski definition) is 2. The number of carbonyl (C=O) groups excluding carboxylic acids is 2. The van der Waals surface area contributed by atoms with Crippen LogP contribution in [0.5, 0.6) is 0 Å². The zero-order valence-corrected chi connectivity index (χ0v) is 13.5. The fourth-order valence-corrected chi connectivity index (χ4v) is 1.98. The van der Waals surface area contributed by atoms with Crippen molar-refractivity contribution >= 4 is 34.8 Å². The number of hydrogen-bond acceptors (Lipinski definition) is 3. The van der Waals surface area contributed by atoms with Gasteiger partial charge in [-0.2, -0.15) is 5.10 Å². The number of anilines is 1. The van der Waals surface area contributed by atoms with Crippen LogP contribution in [0, 0.1) is 0 Å². The van der Waals surface area contributed by atoms with Crippen molar-refractivity contribution in [1.82, 2.24) is 5.43 Å². The second-order valence-electron chi connectivity index (χ2n) is 4.91. The van der Waals surface area contributed by atoms with Crippen molar-refractivity contribution in [2.24, 2.45) is 5.10 Å². The summed E-state index contributed by atoms with van der Waals surface area (Å²) >= 11 is 5.81. The van der Waals surface area contributed by atoms with Gasteiger partial charge in [-0.25, -0.2) is 5.43 Å². The summed E-state index contributed by atoms with van der Waals surface area (Å²) < 4.78 is 0. The van der Waals surface area contributed by atoms with Gasteiger partial charge in [0.25, 0.3) is 5.91 Å². The lowest BCUT2D eigenvalue weighted by Crippen LogP contribution is -2.15. The highest BCUT2D eigenvalue weighted by molar-refractivity contribution is 6.30. The van der Waals surface area contributed by atoms with Crippen molar-refractivity contribution in [3.05, 3.63) is 64.7 Å². The highest BCUT2D eigenvalue weighted by atomic mass is 35.5.